The highest BCUT2D eigenvalue weighted by Gasteiger charge is 2.24. The number of para-hydroxylation sites is 1. The van der Waals surface area contributed by atoms with Crippen molar-refractivity contribution in [2.75, 3.05) is 25.0 Å². The minimum Gasteiger partial charge on any atom is -0.481 e. The van der Waals surface area contributed by atoms with E-state index in [-0.39, 0.29) is 18.5 Å². The van der Waals surface area contributed by atoms with E-state index >= 15 is 0 Å². The number of anilines is 1. The van der Waals surface area contributed by atoms with Crippen LogP contribution < -0.4 is 16.0 Å². The molecule has 0 spiro atoms. The summed E-state index contributed by atoms with van der Waals surface area (Å²) in [5.74, 6) is -0.186. The smallest absolute Gasteiger partial charge is 0.407 e. The number of aliphatic carboxylic acids is 1. The lowest BCUT2D eigenvalue weighted by molar-refractivity contribution is -0.140. The van der Waals surface area contributed by atoms with Crippen LogP contribution in [0.15, 0.2) is 48.7 Å². The lowest BCUT2D eigenvalue weighted by Gasteiger charge is -2.29. The Morgan fingerprint density at radius 3 is 2.29 bits per heavy atom. The fourth-order valence-corrected chi connectivity index (χ4v) is 5.02. The van der Waals surface area contributed by atoms with Crippen molar-refractivity contribution in [2.24, 2.45) is 17.8 Å². The van der Waals surface area contributed by atoms with Crippen LogP contribution in [0, 0.1) is 17.8 Å². The molecule has 1 aliphatic carbocycles. The number of nitrogens with one attached hydrogen (secondary N) is 3. The predicted molar refractivity (Wildman–Crippen MR) is 162 cm³/mol. The van der Waals surface area contributed by atoms with Gasteiger partial charge in [-0.2, -0.15) is 0 Å². The van der Waals surface area contributed by atoms with Crippen molar-refractivity contribution in [1.29, 1.82) is 0 Å². The molecule has 42 heavy (non-hydrogen) atoms. The normalized spacial score (nSPS) is 17.7. The first kappa shape index (κ1) is 30.7. The molecule has 224 valence electrons. The highest BCUT2D eigenvalue weighted by molar-refractivity contribution is 6.07. The van der Waals surface area contributed by atoms with Crippen LogP contribution in [0.3, 0.4) is 0 Å². The largest absolute Gasteiger partial charge is 0.481 e. The number of alkyl carbamates (subject to hydrolysis) is 1. The van der Waals surface area contributed by atoms with Gasteiger partial charge in [0.05, 0.1) is 22.7 Å². The lowest BCUT2D eigenvalue weighted by Crippen LogP contribution is -2.37. The third-order valence-corrected chi connectivity index (χ3v) is 7.48. The summed E-state index contributed by atoms with van der Waals surface area (Å²) < 4.78 is 5.33. The van der Waals surface area contributed by atoms with E-state index in [0.717, 1.165) is 42.1 Å². The Morgan fingerprint density at radius 1 is 1.00 bits per heavy atom. The van der Waals surface area contributed by atoms with Crippen LogP contribution in [0.1, 0.15) is 63.7 Å². The zero-order valence-corrected chi connectivity index (χ0v) is 24.8. The second-order valence-corrected chi connectivity index (χ2v) is 12.1. The number of fused-ring (bicyclic) bond motifs is 1. The average molecular weight is 576 g/mol. The Labute approximate surface area is 246 Å². The molecule has 0 radical (unpaired) electrons. The second kappa shape index (κ2) is 13.6. The van der Waals surface area contributed by atoms with Crippen molar-refractivity contribution in [2.45, 2.75) is 59.0 Å². The first-order chi connectivity index (χ1) is 20.0. The van der Waals surface area contributed by atoms with E-state index in [0.29, 0.717) is 42.0 Å². The zero-order valence-electron chi connectivity index (χ0n) is 24.8. The molecule has 2 amide bonds. The lowest BCUT2D eigenvalue weighted by atomic mass is 9.82. The summed E-state index contributed by atoms with van der Waals surface area (Å²) in [6, 6.07) is 13.0. The number of carbonyl (C=O) groups excluding carboxylic acids is 2. The zero-order chi connectivity index (χ0) is 30.3. The molecule has 10 nitrogen and oxygen atoms in total. The number of hydrogen-bond donors (Lipinski definition) is 4. The van der Waals surface area contributed by atoms with E-state index in [1.54, 1.807) is 25.3 Å². The molecule has 10 heteroatoms. The van der Waals surface area contributed by atoms with Crippen molar-refractivity contribution < 1.29 is 24.2 Å². The molecule has 0 saturated heterocycles. The van der Waals surface area contributed by atoms with Crippen molar-refractivity contribution in [1.82, 2.24) is 20.6 Å². The van der Waals surface area contributed by atoms with Gasteiger partial charge in [0, 0.05) is 36.8 Å². The van der Waals surface area contributed by atoms with Gasteiger partial charge in [-0.3, -0.25) is 9.59 Å². The molecule has 0 bridgehead atoms. The molecule has 2 heterocycles. The first-order valence-corrected chi connectivity index (χ1v) is 14.6. The number of aromatic nitrogens is 2. The van der Waals surface area contributed by atoms with E-state index < -0.39 is 17.5 Å². The molecule has 1 atom stereocenters. The molecule has 4 N–H and O–H groups in total. The number of rotatable bonds is 10. The Kier molecular flexibility index (Phi) is 9.98. The van der Waals surface area contributed by atoms with Crippen molar-refractivity contribution in [3.05, 3.63) is 54.2 Å². The fourth-order valence-electron chi connectivity index (χ4n) is 5.02. The van der Waals surface area contributed by atoms with Crippen LogP contribution in [0.2, 0.25) is 0 Å². The topological polar surface area (TPSA) is 143 Å². The van der Waals surface area contributed by atoms with Crippen LogP contribution >= 0.6 is 0 Å². The van der Waals surface area contributed by atoms with Crippen LogP contribution in [-0.4, -0.2) is 58.3 Å². The molecule has 1 aromatic carbocycles. The van der Waals surface area contributed by atoms with Gasteiger partial charge in [0.15, 0.2) is 0 Å². The number of pyridine rings is 2. The summed E-state index contributed by atoms with van der Waals surface area (Å²) in [4.78, 5) is 45.6. The SMILES string of the molecule is CC(CNc1ccc(-c2cc(C(=O)NCC3CCC(CNC(=O)OC(C)(C)C)CC3)c3ccccc3n2)cn1)C(=O)O. The summed E-state index contributed by atoms with van der Waals surface area (Å²) in [6.07, 6.45) is 5.25. The number of carboxylic acid groups (broad SMARTS) is 1. The van der Waals surface area contributed by atoms with Gasteiger partial charge in [-0.25, -0.2) is 14.8 Å². The minimum atomic E-state index is -0.870. The third kappa shape index (κ3) is 8.64. The fraction of sp³-hybridized carbons (Fsp3) is 0.469. The van der Waals surface area contributed by atoms with E-state index in [9.17, 15) is 14.4 Å². The maximum absolute atomic E-state index is 13.4. The first-order valence-electron chi connectivity index (χ1n) is 14.6. The van der Waals surface area contributed by atoms with Gasteiger partial charge < -0.3 is 25.8 Å². The Bertz CT molecular complexity index is 1390. The second-order valence-electron chi connectivity index (χ2n) is 12.1. The monoisotopic (exact) mass is 575 g/mol. The summed E-state index contributed by atoms with van der Waals surface area (Å²) >= 11 is 0. The van der Waals surface area contributed by atoms with E-state index in [1.807, 2.05) is 51.1 Å². The van der Waals surface area contributed by atoms with Gasteiger partial charge in [0.1, 0.15) is 11.4 Å². The molecular formula is C32H41N5O5. The minimum absolute atomic E-state index is 0.141. The summed E-state index contributed by atoms with van der Waals surface area (Å²) in [5, 5.41) is 18.9. The molecule has 0 aliphatic heterocycles. The molecule has 1 unspecified atom stereocenters. The maximum Gasteiger partial charge on any atom is 0.407 e. The molecule has 1 saturated carbocycles. The van der Waals surface area contributed by atoms with Gasteiger partial charge in [-0.15, -0.1) is 0 Å². The highest BCUT2D eigenvalue weighted by Crippen LogP contribution is 2.29. The third-order valence-electron chi connectivity index (χ3n) is 7.48. The average Bonchev–Trinajstić information content (AvgIpc) is 2.97. The van der Waals surface area contributed by atoms with Crippen LogP contribution in [0.25, 0.3) is 22.2 Å². The van der Waals surface area contributed by atoms with Gasteiger partial charge >= 0.3 is 12.1 Å². The molecule has 4 rings (SSSR count). The number of nitrogens with zero attached hydrogens (tertiary/aromatic N) is 2. The van der Waals surface area contributed by atoms with Gasteiger partial charge in [-0.1, -0.05) is 25.1 Å². The maximum atomic E-state index is 13.4. The van der Waals surface area contributed by atoms with Crippen LogP contribution in [0.5, 0.6) is 0 Å². The Morgan fingerprint density at radius 2 is 1.67 bits per heavy atom. The molecule has 3 aromatic rings. The number of benzene rings is 1. The van der Waals surface area contributed by atoms with E-state index in [2.05, 4.69) is 20.9 Å². The van der Waals surface area contributed by atoms with Crippen LogP contribution in [-0.2, 0) is 9.53 Å². The molecule has 1 fully saturated rings. The Hall–Kier alpha value is -4.21. The summed E-state index contributed by atoms with van der Waals surface area (Å²) in [5.41, 5.74) is 2.15. The highest BCUT2D eigenvalue weighted by atomic mass is 16.6. The molecular weight excluding hydrogens is 534 g/mol. The van der Waals surface area contributed by atoms with Gasteiger partial charge in [-0.05, 0) is 82.6 Å². The predicted octanol–water partition coefficient (Wildman–Crippen LogP) is 5.49. The van der Waals surface area contributed by atoms with E-state index in [4.69, 9.17) is 14.8 Å². The van der Waals surface area contributed by atoms with Gasteiger partial charge in [0.25, 0.3) is 5.91 Å². The summed E-state index contributed by atoms with van der Waals surface area (Å²) in [7, 11) is 0. The number of amides is 2. The van der Waals surface area contributed by atoms with Crippen molar-refractivity contribution in [3.8, 4) is 11.3 Å². The number of carboxylic acids is 1. The standard InChI is InChI=1S/C32H41N5O5/c1-20(30(39)40)16-33-28-14-13-23(19-34-28)27-15-25(24-7-5-6-8-26(24)37-27)29(38)35-17-21-9-11-22(12-10-21)18-36-31(41)42-32(2,3)4/h5-8,13-15,19-22H,9-12,16-18H2,1-4H3,(H,33,34)(H,35,38)(H,36,41)(H,39,40). The van der Waals surface area contributed by atoms with E-state index in [1.165, 1.54) is 0 Å². The molecule has 1 aliphatic rings. The van der Waals surface area contributed by atoms with Crippen molar-refractivity contribution >= 4 is 34.7 Å². The number of hydrogen-bond acceptors (Lipinski definition) is 7. The summed E-state index contributed by atoms with van der Waals surface area (Å²) in [6.45, 7) is 8.65. The van der Waals surface area contributed by atoms with Gasteiger partial charge in [0.2, 0.25) is 0 Å². The number of carbonyl (C=O) groups is 3. The number of ether oxygens (including phenoxy) is 1. The van der Waals surface area contributed by atoms with Crippen LogP contribution in [0.4, 0.5) is 10.6 Å². The van der Waals surface area contributed by atoms with Crippen molar-refractivity contribution in [3.63, 3.8) is 0 Å². The molecule has 2 aromatic heterocycles. The Balaban J connectivity index is 1.35. The quantitative estimate of drug-likeness (QED) is 0.249.